The summed E-state index contributed by atoms with van der Waals surface area (Å²) in [6.45, 7) is 0. The van der Waals surface area contributed by atoms with Gasteiger partial charge < -0.3 is 9.47 Å². The maximum absolute atomic E-state index is 6.20. The molecule has 0 fully saturated rings. The molecule has 3 aromatic rings. The molecule has 4 aliphatic rings. The quantitative estimate of drug-likeness (QED) is 0.662. The highest BCUT2D eigenvalue weighted by Gasteiger charge is 2.41. The van der Waals surface area contributed by atoms with Crippen molar-refractivity contribution in [2.75, 3.05) is 0 Å². The smallest absolute Gasteiger partial charge is 0.236 e. The molecule has 0 amide bonds. The Morgan fingerprint density at radius 3 is 1.63 bits per heavy atom. The maximum atomic E-state index is 6.20. The Balaban J connectivity index is 1.20. The Labute approximate surface area is 174 Å². The fourth-order valence-corrected chi connectivity index (χ4v) is 5.12. The van der Waals surface area contributed by atoms with Gasteiger partial charge in [0.25, 0.3) is 0 Å². The Morgan fingerprint density at radius 1 is 0.600 bits per heavy atom. The van der Waals surface area contributed by atoms with E-state index in [1.54, 1.807) is 0 Å². The maximum Gasteiger partial charge on any atom is 0.236 e. The van der Waals surface area contributed by atoms with E-state index in [9.17, 15) is 0 Å². The zero-order chi connectivity index (χ0) is 19.7. The summed E-state index contributed by atoms with van der Waals surface area (Å²) in [6.07, 6.45) is 1.93. The van der Waals surface area contributed by atoms with Gasteiger partial charge in [-0.25, -0.2) is 15.0 Å². The summed E-state index contributed by atoms with van der Waals surface area (Å²) in [7, 11) is 0. The fourth-order valence-electron chi connectivity index (χ4n) is 5.12. The van der Waals surface area contributed by atoms with Gasteiger partial charge >= 0.3 is 0 Å². The van der Waals surface area contributed by atoms with Crippen molar-refractivity contribution in [2.24, 2.45) is 9.98 Å². The number of ether oxygens (including phenoxy) is 2. The lowest BCUT2D eigenvalue weighted by molar-refractivity contribution is 0.205. The third-order valence-corrected chi connectivity index (χ3v) is 6.52. The van der Waals surface area contributed by atoms with Crippen LogP contribution in [-0.2, 0) is 22.3 Å². The number of pyridine rings is 1. The summed E-state index contributed by atoms with van der Waals surface area (Å²) in [6, 6.07) is 22.9. The van der Waals surface area contributed by atoms with E-state index < -0.39 is 0 Å². The zero-order valence-corrected chi connectivity index (χ0v) is 16.2. The molecule has 4 atom stereocenters. The van der Waals surface area contributed by atoms with Crippen molar-refractivity contribution < 1.29 is 9.47 Å². The molecule has 0 spiro atoms. The van der Waals surface area contributed by atoms with Gasteiger partial charge in [-0.2, -0.15) is 0 Å². The Morgan fingerprint density at radius 2 is 1.10 bits per heavy atom. The van der Waals surface area contributed by atoms with Crippen molar-refractivity contribution >= 4 is 11.8 Å². The van der Waals surface area contributed by atoms with Crippen LogP contribution in [0.15, 0.2) is 76.7 Å². The van der Waals surface area contributed by atoms with Crippen molar-refractivity contribution in [3.63, 3.8) is 0 Å². The van der Waals surface area contributed by atoms with E-state index >= 15 is 0 Å². The highest BCUT2D eigenvalue weighted by atomic mass is 16.5. The Kier molecular flexibility index (Phi) is 3.28. The zero-order valence-electron chi connectivity index (χ0n) is 16.2. The molecular weight excluding hydrogens is 374 g/mol. The molecule has 0 saturated carbocycles. The van der Waals surface area contributed by atoms with Gasteiger partial charge in [0.2, 0.25) is 11.8 Å². The molecule has 5 nitrogen and oxygen atoms in total. The van der Waals surface area contributed by atoms with Crippen LogP contribution in [0.2, 0.25) is 0 Å². The van der Waals surface area contributed by atoms with Crippen molar-refractivity contribution in [3.8, 4) is 0 Å². The number of benzene rings is 2. The first-order chi connectivity index (χ1) is 14.8. The minimum absolute atomic E-state index is 0.0672. The lowest BCUT2D eigenvalue weighted by Crippen LogP contribution is -2.17. The highest BCUT2D eigenvalue weighted by molar-refractivity contribution is 5.97. The molecule has 7 rings (SSSR count). The molecular formula is C25H19N3O2. The van der Waals surface area contributed by atoms with Crippen molar-refractivity contribution in [1.29, 1.82) is 0 Å². The third kappa shape index (κ3) is 2.32. The molecule has 0 N–H and O–H groups in total. The van der Waals surface area contributed by atoms with Gasteiger partial charge in [0, 0.05) is 12.8 Å². The number of nitrogens with zero attached hydrogens (tertiary/aromatic N) is 3. The Hall–Kier alpha value is -3.47. The number of rotatable bonds is 2. The van der Waals surface area contributed by atoms with E-state index in [0.717, 1.165) is 24.2 Å². The normalized spacial score (nSPS) is 27.3. The number of aliphatic imine (C=N–C) groups is 2. The molecule has 2 aromatic carbocycles. The van der Waals surface area contributed by atoms with E-state index in [2.05, 4.69) is 48.5 Å². The first-order valence-electron chi connectivity index (χ1n) is 10.5. The van der Waals surface area contributed by atoms with Crippen molar-refractivity contribution in [3.05, 3.63) is 100 Å². The third-order valence-electron chi connectivity index (χ3n) is 6.52. The van der Waals surface area contributed by atoms with Crippen LogP contribution in [0.25, 0.3) is 0 Å². The van der Waals surface area contributed by atoms with Gasteiger partial charge in [0.05, 0.1) is 0 Å². The lowest BCUT2D eigenvalue weighted by Gasteiger charge is -2.10. The van der Waals surface area contributed by atoms with Crippen LogP contribution in [0.5, 0.6) is 0 Å². The van der Waals surface area contributed by atoms with Gasteiger partial charge in [-0.1, -0.05) is 54.6 Å². The molecule has 3 heterocycles. The van der Waals surface area contributed by atoms with Gasteiger partial charge in [0.15, 0.2) is 0 Å². The first kappa shape index (κ1) is 16.3. The average molecular weight is 393 g/mol. The second kappa shape index (κ2) is 6.02. The minimum Gasteiger partial charge on any atom is -0.470 e. The molecule has 1 unspecified atom stereocenters. The van der Waals surface area contributed by atoms with Crippen LogP contribution in [0.3, 0.4) is 0 Å². The summed E-state index contributed by atoms with van der Waals surface area (Å²) in [5.74, 6) is 1.23. The monoisotopic (exact) mass is 393 g/mol. The summed E-state index contributed by atoms with van der Waals surface area (Å²) in [5.41, 5.74) is 6.67. The number of fused-ring (bicyclic) bond motifs is 6. The van der Waals surface area contributed by atoms with E-state index in [1.165, 1.54) is 22.3 Å². The highest BCUT2D eigenvalue weighted by Crippen LogP contribution is 2.42. The van der Waals surface area contributed by atoms with E-state index in [0.29, 0.717) is 11.8 Å². The second-order valence-corrected chi connectivity index (χ2v) is 8.28. The second-order valence-electron chi connectivity index (χ2n) is 8.28. The van der Waals surface area contributed by atoms with E-state index in [4.69, 9.17) is 24.4 Å². The van der Waals surface area contributed by atoms with Gasteiger partial charge in [-0.05, 0) is 34.4 Å². The van der Waals surface area contributed by atoms with Crippen LogP contribution in [0, 0.1) is 0 Å². The van der Waals surface area contributed by atoms with E-state index in [-0.39, 0.29) is 24.3 Å². The summed E-state index contributed by atoms with van der Waals surface area (Å²) in [4.78, 5) is 14.5. The minimum atomic E-state index is 0.0672. The van der Waals surface area contributed by atoms with Crippen LogP contribution in [0.4, 0.5) is 0 Å². The molecule has 30 heavy (non-hydrogen) atoms. The van der Waals surface area contributed by atoms with Crippen LogP contribution in [-0.4, -0.2) is 29.0 Å². The van der Waals surface area contributed by atoms with Gasteiger partial charge in [-0.15, -0.1) is 0 Å². The van der Waals surface area contributed by atoms with Gasteiger partial charge in [-0.3, -0.25) is 0 Å². The number of aromatic nitrogens is 1. The summed E-state index contributed by atoms with van der Waals surface area (Å²) < 4.78 is 12.4. The fraction of sp³-hybridized carbons (Fsp3) is 0.240. The molecule has 0 saturated heterocycles. The lowest BCUT2D eigenvalue weighted by atomic mass is 10.1. The molecule has 2 aliphatic carbocycles. The predicted octanol–water partition coefficient (Wildman–Crippen LogP) is 3.97. The molecule has 0 radical (unpaired) electrons. The topological polar surface area (TPSA) is 56.1 Å². The van der Waals surface area contributed by atoms with Crippen LogP contribution in [0.1, 0.15) is 45.7 Å². The largest absolute Gasteiger partial charge is 0.470 e. The molecule has 0 bridgehead atoms. The number of hydrogen-bond acceptors (Lipinski definition) is 5. The van der Waals surface area contributed by atoms with Crippen LogP contribution >= 0.6 is 0 Å². The van der Waals surface area contributed by atoms with E-state index in [1.807, 2.05) is 18.2 Å². The van der Waals surface area contributed by atoms with Gasteiger partial charge in [0.1, 0.15) is 35.7 Å². The summed E-state index contributed by atoms with van der Waals surface area (Å²) >= 11 is 0. The summed E-state index contributed by atoms with van der Waals surface area (Å²) in [5, 5.41) is 0. The number of hydrogen-bond donors (Lipinski definition) is 0. The van der Waals surface area contributed by atoms with Crippen LogP contribution < -0.4 is 0 Å². The molecule has 2 aliphatic heterocycles. The SMILES string of the molecule is c1cc(C2=NC3c4ccccc4C[C@H]3O2)nc(C2=N[C@H]3c4ccccc4C[C@H]3O2)c1. The molecule has 146 valence electrons. The Bertz CT molecular complexity index is 1160. The van der Waals surface area contributed by atoms with Crippen molar-refractivity contribution in [2.45, 2.75) is 37.1 Å². The average Bonchev–Trinajstić information content (AvgIpc) is 3.52. The molecule has 5 heteroatoms. The standard InChI is InChI=1S/C25H19N3O2/c1-3-8-16-14(6-1)12-20-22(16)27-24(29-20)18-10-5-11-19(26-18)25-28-23-17-9-4-2-7-15(17)13-21(23)30-25/h1-11,20-23H,12-13H2/t20-,21-,22+,23?/m1/s1. The predicted molar refractivity (Wildman–Crippen MR) is 113 cm³/mol. The molecule has 1 aromatic heterocycles. The van der Waals surface area contributed by atoms with Crippen molar-refractivity contribution in [1.82, 2.24) is 4.98 Å². The first-order valence-corrected chi connectivity index (χ1v) is 10.5.